The highest BCUT2D eigenvalue weighted by molar-refractivity contribution is 7.15. The Kier molecular flexibility index (Phi) is 3.72. The number of carbonyl (C=O) groups excluding carboxylic acids is 1. The maximum Gasteiger partial charge on any atom is 0.271 e. The number of aromatic nitrogens is 3. The maximum absolute atomic E-state index is 12.2. The fourth-order valence-corrected chi connectivity index (χ4v) is 2.66. The lowest BCUT2D eigenvalue weighted by Crippen LogP contribution is -2.26. The second kappa shape index (κ2) is 5.69. The summed E-state index contributed by atoms with van der Waals surface area (Å²) in [5.41, 5.74) is 0.688. The molecule has 1 N–H and O–H groups in total. The average Bonchev–Trinajstić information content (AvgIpc) is 2.97. The van der Waals surface area contributed by atoms with Crippen molar-refractivity contribution in [3.8, 4) is 0 Å². The van der Waals surface area contributed by atoms with Crippen molar-refractivity contribution in [3.63, 3.8) is 0 Å². The number of amides is 1. The summed E-state index contributed by atoms with van der Waals surface area (Å²) in [4.78, 5) is 33.3. The minimum absolute atomic E-state index is 0.00867. The zero-order valence-corrected chi connectivity index (χ0v) is 12.9. The minimum atomic E-state index is -0.511. The topological polar surface area (TPSA) is 76.4 Å². The number of hydrogen-bond acceptors (Lipinski definition) is 5. The summed E-state index contributed by atoms with van der Waals surface area (Å²) < 4.78 is 1.36. The Labute approximate surface area is 130 Å². The van der Waals surface area contributed by atoms with Gasteiger partial charge in [-0.15, -0.1) is 11.3 Å². The van der Waals surface area contributed by atoms with Gasteiger partial charge < -0.3 is 5.32 Å². The molecule has 0 unspecified atom stereocenters. The Morgan fingerprint density at radius 3 is 2.77 bits per heavy atom. The number of fused-ring (bicyclic) bond motifs is 1. The predicted octanol–water partition coefficient (Wildman–Crippen LogP) is 2.53. The largest absolute Gasteiger partial charge is 0.306 e. The van der Waals surface area contributed by atoms with Gasteiger partial charge in [-0.1, -0.05) is 19.9 Å². The summed E-state index contributed by atoms with van der Waals surface area (Å²) in [6, 6.07) is 3.63. The fraction of sp³-hybridized carbons (Fsp3) is 0.200. The van der Waals surface area contributed by atoms with Gasteiger partial charge in [0.1, 0.15) is 11.4 Å². The second-order valence-corrected chi connectivity index (χ2v) is 5.99. The first-order valence-corrected chi connectivity index (χ1v) is 7.66. The van der Waals surface area contributed by atoms with Gasteiger partial charge in [-0.3, -0.25) is 14.0 Å². The first kappa shape index (κ1) is 14.4. The van der Waals surface area contributed by atoms with Crippen molar-refractivity contribution in [1.82, 2.24) is 14.4 Å². The predicted molar refractivity (Wildman–Crippen MR) is 85.6 cm³/mol. The molecule has 112 valence electrons. The van der Waals surface area contributed by atoms with Crippen LogP contribution in [0.3, 0.4) is 0 Å². The Hall–Kier alpha value is -2.54. The number of anilines is 1. The molecule has 0 fully saturated rings. The highest BCUT2D eigenvalue weighted by Crippen LogP contribution is 2.15. The van der Waals surface area contributed by atoms with Crippen molar-refractivity contribution in [2.75, 3.05) is 5.32 Å². The van der Waals surface area contributed by atoms with Gasteiger partial charge in [0.05, 0.1) is 0 Å². The number of carbonyl (C=O) groups is 1. The van der Waals surface area contributed by atoms with Crippen molar-refractivity contribution in [1.29, 1.82) is 0 Å². The van der Waals surface area contributed by atoms with Gasteiger partial charge in [-0.2, -0.15) is 0 Å². The standard InChI is InChI=1S/C15H14N4O2S/c1-9(2)10-3-4-12(16-7-10)18-13(20)11-8-17-15-19(14(11)21)5-6-22-15/h3-9H,1-2H3,(H,16,18,20). The van der Waals surface area contributed by atoms with Crippen LogP contribution in [0.5, 0.6) is 0 Å². The lowest BCUT2D eigenvalue weighted by Gasteiger charge is -2.07. The molecule has 0 saturated heterocycles. The summed E-state index contributed by atoms with van der Waals surface area (Å²) in [6.45, 7) is 4.13. The van der Waals surface area contributed by atoms with Crippen molar-refractivity contribution in [3.05, 3.63) is 57.6 Å². The van der Waals surface area contributed by atoms with Crippen LogP contribution in [-0.4, -0.2) is 20.3 Å². The molecule has 3 aromatic heterocycles. The van der Waals surface area contributed by atoms with Gasteiger partial charge in [0.2, 0.25) is 0 Å². The molecule has 3 rings (SSSR count). The molecule has 0 aromatic carbocycles. The monoisotopic (exact) mass is 314 g/mol. The number of hydrogen-bond donors (Lipinski definition) is 1. The van der Waals surface area contributed by atoms with Crippen molar-refractivity contribution >= 4 is 28.0 Å². The van der Waals surface area contributed by atoms with E-state index in [0.717, 1.165) is 5.56 Å². The number of nitrogens with zero attached hydrogens (tertiary/aromatic N) is 3. The van der Waals surface area contributed by atoms with Gasteiger partial charge in [-0.25, -0.2) is 9.97 Å². The van der Waals surface area contributed by atoms with Crippen LogP contribution in [0.25, 0.3) is 4.96 Å². The Bertz CT molecular complexity index is 880. The smallest absolute Gasteiger partial charge is 0.271 e. The number of nitrogens with one attached hydrogen (secondary N) is 1. The van der Waals surface area contributed by atoms with E-state index in [1.54, 1.807) is 23.8 Å². The van der Waals surface area contributed by atoms with E-state index in [0.29, 0.717) is 16.7 Å². The van der Waals surface area contributed by atoms with Crippen LogP contribution in [-0.2, 0) is 0 Å². The molecule has 6 nitrogen and oxygen atoms in total. The third-order valence-electron chi connectivity index (χ3n) is 3.28. The van der Waals surface area contributed by atoms with Gasteiger partial charge in [0.25, 0.3) is 11.5 Å². The van der Waals surface area contributed by atoms with E-state index in [1.165, 1.54) is 21.9 Å². The molecule has 0 aliphatic heterocycles. The molecule has 0 saturated carbocycles. The van der Waals surface area contributed by atoms with Crippen LogP contribution >= 0.6 is 11.3 Å². The van der Waals surface area contributed by atoms with Gasteiger partial charge >= 0.3 is 0 Å². The highest BCUT2D eigenvalue weighted by Gasteiger charge is 2.14. The van der Waals surface area contributed by atoms with Gasteiger partial charge in [0, 0.05) is 24.0 Å². The zero-order chi connectivity index (χ0) is 15.7. The first-order chi connectivity index (χ1) is 10.6. The van der Waals surface area contributed by atoms with E-state index in [2.05, 4.69) is 29.1 Å². The molecule has 0 aliphatic rings. The fourth-order valence-electron chi connectivity index (χ4n) is 1.98. The van der Waals surface area contributed by atoms with E-state index in [9.17, 15) is 9.59 Å². The number of rotatable bonds is 3. The molecule has 0 spiro atoms. The average molecular weight is 314 g/mol. The number of pyridine rings is 1. The third kappa shape index (κ3) is 2.62. The molecule has 3 heterocycles. The maximum atomic E-state index is 12.2. The molecule has 0 bridgehead atoms. The Balaban J connectivity index is 1.86. The van der Waals surface area contributed by atoms with Crippen LogP contribution in [0, 0.1) is 0 Å². The summed E-state index contributed by atoms with van der Waals surface area (Å²) in [7, 11) is 0. The first-order valence-electron chi connectivity index (χ1n) is 6.78. The molecule has 3 aromatic rings. The molecular weight excluding hydrogens is 300 g/mol. The Morgan fingerprint density at radius 1 is 1.27 bits per heavy atom. The van der Waals surface area contributed by atoms with E-state index in [-0.39, 0.29) is 11.1 Å². The van der Waals surface area contributed by atoms with E-state index in [4.69, 9.17) is 0 Å². The van der Waals surface area contributed by atoms with Crippen LogP contribution in [0.15, 0.2) is 40.9 Å². The van der Waals surface area contributed by atoms with Crippen LogP contribution in [0.4, 0.5) is 5.82 Å². The van der Waals surface area contributed by atoms with E-state index < -0.39 is 5.91 Å². The van der Waals surface area contributed by atoms with Crippen LogP contribution < -0.4 is 10.9 Å². The van der Waals surface area contributed by atoms with E-state index in [1.807, 2.05) is 6.07 Å². The lowest BCUT2D eigenvalue weighted by atomic mass is 10.1. The van der Waals surface area contributed by atoms with Gasteiger partial charge in [-0.05, 0) is 17.5 Å². The van der Waals surface area contributed by atoms with Crippen LogP contribution in [0.2, 0.25) is 0 Å². The molecule has 1 amide bonds. The van der Waals surface area contributed by atoms with Crippen molar-refractivity contribution in [2.24, 2.45) is 0 Å². The summed E-state index contributed by atoms with van der Waals surface area (Å²) in [6.07, 6.45) is 4.61. The normalized spacial score (nSPS) is 11.0. The Morgan fingerprint density at radius 2 is 2.09 bits per heavy atom. The molecule has 0 radical (unpaired) electrons. The van der Waals surface area contributed by atoms with Crippen LogP contribution in [0.1, 0.15) is 35.7 Å². The SMILES string of the molecule is CC(C)c1ccc(NC(=O)c2cnc3sccn3c2=O)nc1. The lowest BCUT2D eigenvalue weighted by molar-refractivity contribution is 0.102. The number of thiazole rings is 1. The zero-order valence-electron chi connectivity index (χ0n) is 12.1. The summed E-state index contributed by atoms with van der Waals surface area (Å²) in [5, 5.41) is 4.37. The van der Waals surface area contributed by atoms with E-state index >= 15 is 0 Å². The molecule has 0 aliphatic carbocycles. The quantitative estimate of drug-likeness (QED) is 0.806. The minimum Gasteiger partial charge on any atom is -0.306 e. The second-order valence-electron chi connectivity index (χ2n) is 5.12. The molecule has 7 heteroatoms. The van der Waals surface area contributed by atoms with Crippen molar-refractivity contribution in [2.45, 2.75) is 19.8 Å². The molecule has 0 atom stereocenters. The third-order valence-corrected chi connectivity index (χ3v) is 4.05. The highest BCUT2D eigenvalue weighted by atomic mass is 32.1. The molecular formula is C15H14N4O2S. The van der Waals surface area contributed by atoms with Gasteiger partial charge in [0.15, 0.2) is 4.96 Å². The summed E-state index contributed by atoms with van der Waals surface area (Å²) >= 11 is 1.34. The molecule has 22 heavy (non-hydrogen) atoms. The summed E-state index contributed by atoms with van der Waals surface area (Å²) in [5.74, 6) is 0.263. The van der Waals surface area contributed by atoms with Crippen molar-refractivity contribution < 1.29 is 4.79 Å².